The van der Waals surface area contributed by atoms with Crippen molar-refractivity contribution in [2.45, 2.75) is 11.5 Å². The van der Waals surface area contributed by atoms with Crippen LogP contribution in [0.2, 0.25) is 0 Å². The highest BCUT2D eigenvalue weighted by Crippen LogP contribution is 2.43. The zero-order valence-electron chi connectivity index (χ0n) is 17.2. The van der Waals surface area contributed by atoms with Gasteiger partial charge in [-0.25, -0.2) is 0 Å². The van der Waals surface area contributed by atoms with Crippen molar-refractivity contribution >= 4 is 45.6 Å². The Bertz CT molecular complexity index is 1150. The summed E-state index contributed by atoms with van der Waals surface area (Å²) in [4.78, 5) is 11.3. The van der Waals surface area contributed by atoms with E-state index in [1.807, 2.05) is 31.4 Å². The predicted molar refractivity (Wildman–Crippen MR) is 126 cm³/mol. The summed E-state index contributed by atoms with van der Waals surface area (Å²) in [6.45, 7) is 0.647. The molecule has 3 heterocycles. The number of benzene rings is 1. The molecule has 3 aromatic rings. The van der Waals surface area contributed by atoms with Crippen LogP contribution in [0.25, 0.3) is 22.0 Å². The van der Waals surface area contributed by atoms with Gasteiger partial charge in [0.15, 0.2) is 6.29 Å². The van der Waals surface area contributed by atoms with Crippen molar-refractivity contribution in [3.63, 3.8) is 0 Å². The number of aliphatic imine (C=N–C) groups is 1. The number of nitrogens with zero attached hydrogens (tertiary/aromatic N) is 1. The molecular weight excluding hydrogens is 420 g/mol. The van der Waals surface area contributed by atoms with E-state index in [2.05, 4.69) is 21.4 Å². The molecule has 7 nitrogen and oxygen atoms in total. The molecule has 0 radical (unpaired) electrons. The van der Waals surface area contributed by atoms with Gasteiger partial charge in [-0.3, -0.25) is 4.99 Å². The summed E-state index contributed by atoms with van der Waals surface area (Å²) in [6, 6.07) is 8.04. The van der Waals surface area contributed by atoms with E-state index in [-0.39, 0.29) is 11.5 Å². The molecule has 0 spiro atoms. The lowest BCUT2D eigenvalue weighted by atomic mass is 10.0. The molecule has 0 amide bonds. The standard InChI is InChI=1S/C21H24N4O3S2/c1-22-18-16(12-6-5-7-23-19(12)29)14(26-2)9-11-8-13(25-17(11)18)20-24-10-15(30-20)21(27-3)28-4/h5-9,15,21-22,25H,10H2,1-4H3,(H,23,29). The minimum atomic E-state index is -0.292. The molecule has 0 saturated heterocycles. The normalized spacial score (nSPS) is 16.3. The molecule has 9 heteroatoms. The summed E-state index contributed by atoms with van der Waals surface area (Å²) < 4.78 is 17.2. The van der Waals surface area contributed by atoms with Crippen LogP contribution in [-0.2, 0) is 9.47 Å². The fourth-order valence-corrected chi connectivity index (χ4v) is 5.14. The van der Waals surface area contributed by atoms with Gasteiger partial charge < -0.3 is 29.5 Å². The molecule has 2 aromatic heterocycles. The maximum absolute atomic E-state index is 5.74. The zero-order chi connectivity index (χ0) is 21.3. The van der Waals surface area contributed by atoms with Crippen LogP contribution in [0.5, 0.6) is 5.75 Å². The number of pyridine rings is 1. The Kier molecular flexibility index (Phi) is 6.14. The van der Waals surface area contributed by atoms with Crippen LogP contribution in [0, 0.1) is 4.64 Å². The second kappa shape index (κ2) is 8.81. The van der Waals surface area contributed by atoms with Crippen LogP contribution in [0.3, 0.4) is 0 Å². The largest absolute Gasteiger partial charge is 0.496 e. The highest BCUT2D eigenvalue weighted by molar-refractivity contribution is 8.15. The highest BCUT2D eigenvalue weighted by Gasteiger charge is 2.30. The number of nitrogens with one attached hydrogen (secondary N) is 3. The van der Waals surface area contributed by atoms with Crippen molar-refractivity contribution in [1.82, 2.24) is 9.97 Å². The smallest absolute Gasteiger partial charge is 0.170 e. The van der Waals surface area contributed by atoms with Crippen LogP contribution in [-0.4, -0.2) is 61.5 Å². The molecule has 0 bridgehead atoms. The van der Waals surface area contributed by atoms with Gasteiger partial charge in [0.05, 0.1) is 41.4 Å². The zero-order valence-corrected chi connectivity index (χ0v) is 18.9. The van der Waals surface area contributed by atoms with Gasteiger partial charge in [0, 0.05) is 38.4 Å². The third-order valence-electron chi connectivity index (χ3n) is 5.12. The maximum Gasteiger partial charge on any atom is 0.170 e. The Labute approximate surface area is 184 Å². The van der Waals surface area contributed by atoms with Gasteiger partial charge in [0.1, 0.15) is 15.4 Å². The summed E-state index contributed by atoms with van der Waals surface area (Å²) in [7, 11) is 6.87. The Morgan fingerprint density at radius 3 is 2.73 bits per heavy atom. The fourth-order valence-electron chi connectivity index (χ4n) is 3.75. The van der Waals surface area contributed by atoms with Crippen LogP contribution < -0.4 is 10.1 Å². The number of rotatable bonds is 7. The van der Waals surface area contributed by atoms with Crippen LogP contribution in [0.1, 0.15) is 5.69 Å². The van der Waals surface area contributed by atoms with Crippen LogP contribution >= 0.6 is 24.0 Å². The Hall–Kier alpha value is -2.33. The van der Waals surface area contributed by atoms with Gasteiger partial charge >= 0.3 is 0 Å². The highest BCUT2D eigenvalue weighted by atomic mass is 32.2. The van der Waals surface area contributed by atoms with E-state index < -0.39 is 0 Å². The monoisotopic (exact) mass is 444 g/mol. The van der Waals surface area contributed by atoms with Crippen molar-refractivity contribution in [3.8, 4) is 16.9 Å². The van der Waals surface area contributed by atoms with E-state index in [9.17, 15) is 0 Å². The molecule has 1 aliphatic rings. The summed E-state index contributed by atoms with van der Waals surface area (Å²) in [5.74, 6) is 0.751. The number of methoxy groups -OCH3 is 3. The molecule has 1 aliphatic heterocycles. The molecule has 1 unspecified atom stereocenters. The number of thioether (sulfide) groups is 1. The lowest BCUT2D eigenvalue weighted by molar-refractivity contribution is -0.0994. The van der Waals surface area contributed by atoms with Crippen molar-refractivity contribution in [2.24, 2.45) is 4.99 Å². The topological polar surface area (TPSA) is 83.7 Å². The lowest BCUT2D eigenvalue weighted by Gasteiger charge is -2.18. The van der Waals surface area contributed by atoms with E-state index in [1.54, 1.807) is 33.1 Å². The summed E-state index contributed by atoms with van der Waals surface area (Å²) in [5, 5.41) is 5.42. The average Bonchev–Trinajstić information content (AvgIpc) is 3.41. The number of aromatic nitrogens is 2. The third kappa shape index (κ3) is 3.62. The first-order valence-electron chi connectivity index (χ1n) is 9.47. The number of ether oxygens (including phenoxy) is 3. The summed E-state index contributed by atoms with van der Waals surface area (Å²) >= 11 is 7.19. The van der Waals surface area contributed by atoms with E-state index in [0.717, 1.165) is 44.2 Å². The fraction of sp³-hybridized carbons (Fsp3) is 0.333. The first-order valence-corrected chi connectivity index (χ1v) is 10.8. The number of fused-ring (bicyclic) bond motifs is 1. The Morgan fingerprint density at radius 2 is 2.07 bits per heavy atom. The molecule has 30 heavy (non-hydrogen) atoms. The molecule has 158 valence electrons. The summed E-state index contributed by atoms with van der Waals surface area (Å²) in [5.41, 5.74) is 4.68. The van der Waals surface area contributed by atoms with E-state index in [1.165, 1.54) is 0 Å². The molecular formula is C21H24N4O3S2. The number of hydrogen-bond donors (Lipinski definition) is 3. The second-order valence-corrected chi connectivity index (χ2v) is 8.42. The number of H-pyrrole nitrogens is 2. The number of hydrogen-bond acceptors (Lipinski definition) is 7. The van der Waals surface area contributed by atoms with Gasteiger partial charge in [-0.2, -0.15) is 0 Å². The molecule has 0 aliphatic carbocycles. The molecule has 0 fully saturated rings. The van der Waals surface area contributed by atoms with Crippen molar-refractivity contribution in [2.75, 3.05) is 40.2 Å². The van der Waals surface area contributed by atoms with Crippen molar-refractivity contribution < 1.29 is 14.2 Å². The molecule has 1 aromatic carbocycles. The summed E-state index contributed by atoms with van der Waals surface area (Å²) in [6.07, 6.45) is 1.53. The Morgan fingerprint density at radius 1 is 1.27 bits per heavy atom. The number of anilines is 1. The predicted octanol–water partition coefficient (Wildman–Crippen LogP) is 4.42. The van der Waals surface area contributed by atoms with E-state index in [4.69, 9.17) is 31.4 Å². The lowest BCUT2D eigenvalue weighted by Crippen LogP contribution is -2.28. The van der Waals surface area contributed by atoms with Gasteiger partial charge in [-0.1, -0.05) is 24.0 Å². The van der Waals surface area contributed by atoms with Crippen LogP contribution in [0.15, 0.2) is 35.5 Å². The van der Waals surface area contributed by atoms with E-state index in [0.29, 0.717) is 11.2 Å². The van der Waals surface area contributed by atoms with Gasteiger partial charge in [-0.15, -0.1) is 0 Å². The van der Waals surface area contributed by atoms with Crippen molar-refractivity contribution in [3.05, 3.63) is 40.8 Å². The SMILES string of the molecule is CNc1c(-c2ccc[nH]c2=S)c(OC)cc2cc(C3=NCC(C(OC)OC)S3)[nH]c12. The molecule has 1 atom stereocenters. The quantitative estimate of drug-likeness (QED) is 0.370. The average molecular weight is 445 g/mol. The first kappa shape index (κ1) is 20.9. The molecule has 3 N–H and O–H groups in total. The van der Waals surface area contributed by atoms with Crippen LogP contribution in [0.4, 0.5) is 5.69 Å². The van der Waals surface area contributed by atoms with Gasteiger partial charge in [-0.05, 0) is 24.3 Å². The molecule has 0 saturated carbocycles. The van der Waals surface area contributed by atoms with Crippen molar-refractivity contribution in [1.29, 1.82) is 0 Å². The third-order valence-corrected chi connectivity index (χ3v) is 6.70. The Balaban J connectivity index is 1.81. The van der Waals surface area contributed by atoms with Gasteiger partial charge in [0.2, 0.25) is 0 Å². The minimum absolute atomic E-state index is 0.123. The molecule has 4 rings (SSSR count). The first-order chi connectivity index (χ1) is 14.6. The maximum atomic E-state index is 5.74. The second-order valence-electron chi connectivity index (χ2n) is 6.78. The van der Waals surface area contributed by atoms with E-state index >= 15 is 0 Å². The van der Waals surface area contributed by atoms with Gasteiger partial charge in [0.25, 0.3) is 0 Å². The number of aromatic amines is 2. The minimum Gasteiger partial charge on any atom is -0.496 e.